The van der Waals surface area contributed by atoms with Crippen molar-refractivity contribution in [1.29, 1.82) is 5.26 Å². The molecule has 0 aliphatic rings. The molecule has 7 N–H and O–H groups in total. The summed E-state index contributed by atoms with van der Waals surface area (Å²) in [7, 11) is 3.90. The van der Waals surface area contributed by atoms with Crippen molar-refractivity contribution in [3.63, 3.8) is 0 Å². The molecular weight excluding hydrogens is 909 g/mol. The van der Waals surface area contributed by atoms with Gasteiger partial charge in [-0.2, -0.15) is 5.26 Å². The van der Waals surface area contributed by atoms with E-state index in [-0.39, 0.29) is 91.6 Å². The Hall–Kier alpha value is -4.05. The van der Waals surface area contributed by atoms with Gasteiger partial charge in [0.1, 0.15) is 5.41 Å². The maximum Gasteiger partial charge on any atom is 0.132 e. The second kappa shape index (κ2) is 36.0. The highest BCUT2D eigenvalue weighted by molar-refractivity contribution is 5.63. The predicted octanol–water partition coefficient (Wildman–Crippen LogP) is 1.04. The van der Waals surface area contributed by atoms with E-state index < -0.39 is 30.3 Å². The Morgan fingerprint density at radius 1 is 0.443 bits per heavy atom. The Labute approximate surface area is 414 Å². The molecule has 5 unspecified atom stereocenters. The lowest BCUT2D eigenvalue weighted by Gasteiger charge is -2.33. The van der Waals surface area contributed by atoms with Crippen LogP contribution in [0.2, 0.25) is 0 Å². The second-order valence-corrected chi connectivity index (χ2v) is 16.9. The zero-order chi connectivity index (χ0) is 50.8. The molecule has 3 aromatic rings. The van der Waals surface area contributed by atoms with E-state index in [1.54, 1.807) is 4.90 Å². The summed E-state index contributed by atoms with van der Waals surface area (Å²) in [5.41, 5.74) is 3.26. The van der Waals surface area contributed by atoms with Gasteiger partial charge in [0.25, 0.3) is 0 Å². The van der Waals surface area contributed by atoms with Gasteiger partial charge in [-0.05, 0) is 59.0 Å². The number of aliphatic hydroxyl groups is 7. The molecule has 19 nitrogen and oxygen atoms in total. The van der Waals surface area contributed by atoms with E-state index >= 15 is 0 Å². The van der Waals surface area contributed by atoms with Gasteiger partial charge in [0.2, 0.25) is 0 Å². The number of anilines is 3. The van der Waals surface area contributed by atoms with Crippen LogP contribution >= 0.6 is 0 Å². The Morgan fingerprint density at radius 2 is 0.757 bits per heavy atom. The minimum absolute atomic E-state index is 0.00275. The van der Waals surface area contributed by atoms with E-state index in [1.807, 2.05) is 91.8 Å². The van der Waals surface area contributed by atoms with Crippen LogP contribution in [-0.4, -0.2) is 226 Å². The number of hydrogen-bond donors (Lipinski definition) is 7. The molecule has 19 heteroatoms. The van der Waals surface area contributed by atoms with Crippen LogP contribution in [0.4, 0.5) is 17.1 Å². The van der Waals surface area contributed by atoms with Gasteiger partial charge in [0.05, 0.1) is 157 Å². The summed E-state index contributed by atoms with van der Waals surface area (Å²) in [5, 5.41) is 80.4. The minimum Gasteiger partial charge on any atom is -0.394 e. The Kier molecular flexibility index (Phi) is 31.0. The highest BCUT2D eigenvalue weighted by Gasteiger charge is 2.37. The third-order valence-corrected chi connectivity index (χ3v) is 10.9. The molecule has 0 aromatic heterocycles. The van der Waals surface area contributed by atoms with Gasteiger partial charge in [0, 0.05) is 57.3 Å². The monoisotopic (exact) mass is 989 g/mol. The van der Waals surface area contributed by atoms with E-state index in [4.69, 9.17) is 53.2 Å². The van der Waals surface area contributed by atoms with Crippen LogP contribution in [0.3, 0.4) is 0 Å². The van der Waals surface area contributed by atoms with Crippen molar-refractivity contribution in [2.24, 2.45) is 5.92 Å². The van der Waals surface area contributed by atoms with Gasteiger partial charge < -0.3 is 88.3 Å². The van der Waals surface area contributed by atoms with Crippen LogP contribution < -0.4 is 14.7 Å². The summed E-state index contributed by atoms with van der Waals surface area (Å²) in [5.74, 6) is 0.0419. The molecule has 5 atom stereocenters. The number of benzene rings is 3. The number of rotatable bonds is 42. The number of aliphatic hydroxyl groups excluding tert-OH is 7. The van der Waals surface area contributed by atoms with E-state index in [9.17, 15) is 25.7 Å². The fourth-order valence-corrected chi connectivity index (χ4v) is 7.49. The molecule has 3 aromatic carbocycles. The van der Waals surface area contributed by atoms with Gasteiger partial charge in [-0.15, -0.1) is 0 Å². The van der Waals surface area contributed by atoms with Crippen molar-refractivity contribution in [1.82, 2.24) is 0 Å². The number of hydrogen-bond acceptors (Lipinski definition) is 19. The molecule has 0 amide bonds. The molecule has 0 heterocycles. The normalized spacial score (nSPS) is 14.1. The van der Waals surface area contributed by atoms with Crippen LogP contribution in [0.25, 0.3) is 0 Å². The summed E-state index contributed by atoms with van der Waals surface area (Å²) in [6, 6.07) is 25.7. The molecule has 0 saturated heterocycles. The average molecular weight is 989 g/mol. The van der Waals surface area contributed by atoms with Crippen molar-refractivity contribution in [3.8, 4) is 6.07 Å². The Balaban J connectivity index is 1.89. The highest BCUT2D eigenvalue weighted by atomic mass is 16.6. The van der Waals surface area contributed by atoms with E-state index in [0.717, 1.165) is 16.9 Å². The number of ether oxygens (including phenoxy) is 8. The van der Waals surface area contributed by atoms with E-state index in [1.165, 1.54) is 0 Å². The van der Waals surface area contributed by atoms with Crippen LogP contribution in [0, 0.1) is 17.2 Å². The van der Waals surface area contributed by atoms with Gasteiger partial charge in [-0.1, -0.05) is 43.3 Å². The lowest BCUT2D eigenvalue weighted by Crippen LogP contribution is -2.41. The molecule has 0 bridgehead atoms. The summed E-state index contributed by atoms with van der Waals surface area (Å²) in [6.07, 6.45) is -2.88. The summed E-state index contributed by atoms with van der Waals surface area (Å²) >= 11 is 0. The Morgan fingerprint density at radius 3 is 1.10 bits per heavy atom. The van der Waals surface area contributed by atoms with Crippen molar-refractivity contribution in [2.75, 3.05) is 187 Å². The Bertz CT molecular complexity index is 1790. The molecule has 0 aliphatic carbocycles. The van der Waals surface area contributed by atoms with Crippen molar-refractivity contribution in [2.45, 2.75) is 30.7 Å². The van der Waals surface area contributed by atoms with Crippen molar-refractivity contribution >= 4 is 17.1 Å². The standard InChI is InChI=1S/C51H80N4O15/c1-41(37-68-29-27-66-24-22-63-19-16-56)32-54(34-49(61)38-69-30-26-65-21-18-58)46-12-6-43(7-13-46)51(40-52,42-4-10-45(11-5-42)53(2)3)44-8-14-47(15-9-44)55(33-48(60)36-59)35-50(62)39-70-31-28-67-25-23-64-20-17-57/h4-15,41,48-50,56-62H,16-39H2,1-3H3. The summed E-state index contributed by atoms with van der Waals surface area (Å²) < 4.78 is 44.0. The van der Waals surface area contributed by atoms with Gasteiger partial charge in [0.15, 0.2) is 0 Å². The molecule has 0 aliphatic heterocycles. The third-order valence-electron chi connectivity index (χ3n) is 10.9. The fourth-order valence-electron chi connectivity index (χ4n) is 7.49. The first-order valence-corrected chi connectivity index (χ1v) is 24.0. The SMILES string of the molecule is CC(COCCOCCOCCO)CN(CC(O)COCCOCCO)c1ccc(C(C#N)(c2ccc(N(C)C)cc2)c2ccc(N(CC(O)CO)CC(O)COCCOCCOCCO)cc2)cc1. The number of nitrogens with zero attached hydrogens (tertiary/aromatic N) is 4. The lowest BCUT2D eigenvalue weighted by atomic mass is 9.70. The largest absolute Gasteiger partial charge is 0.394 e. The molecule has 70 heavy (non-hydrogen) atoms. The first kappa shape index (κ1) is 60.3. The van der Waals surface area contributed by atoms with Crippen molar-refractivity contribution < 1.29 is 73.6 Å². The van der Waals surface area contributed by atoms with Crippen LogP contribution in [0.5, 0.6) is 0 Å². The first-order chi connectivity index (χ1) is 34.0. The maximum absolute atomic E-state index is 11.4. The molecule has 0 fully saturated rings. The van der Waals surface area contributed by atoms with Gasteiger partial charge >= 0.3 is 0 Å². The predicted molar refractivity (Wildman–Crippen MR) is 266 cm³/mol. The summed E-state index contributed by atoms with van der Waals surface area (Å²) in [4.78, 5) is 5.82. The first-order valence-electron chi connectivity index (χ1n) is 24.0. The second-order valence-electron chi connectivity index (χ2n) is 16.9. The van der Waals surface area contributed by atoms with Crippen LogP contribution in [-0.2, 0) is 43.3 Å². The fraction of sp³-hybridized carbons (Fsp3) is 0.627. The summed E-state index contributed by atoms with van der Waals surface area (Å²) in [6.45, 7) is 6.89. The molecular formula is C51H80N4O15. The van der Waals surface area contributed by atoms with E-state index in [0.29, 0.717) is 82.8 Å². The third kappa shape index (κ3) is 22.2. The van der Waals surface area contributed by atoms with Gasteiger partial charge in [-0.3, -0.25) is 0 Å². The molecule has 0 saturated carbocycles. The van der Waals surface area contributed by atoms with Gasteiger partial charge in [-0.25, -0.2) is 0 Å². The quantitative estimate of drug-likeness (QED) is 0.0310. The van der Waals surface area contributed by atoms with Crippen LogP contribution in [0.15, 0.2) is 72.8 Å². The molecule has 0 radical (unpaired) electrons. The smallest absolute Gasteiger partial charge is 0.132 e. The number of nitriles is 1. The van der Waals surface area contributed by atoms with E-state index in [2.05, 4.69) is 17.9 Å². The molecule has 3 rings (SSSR count). The molecule has 0 spiro atoms. The minimum atomic E-state index is -1.29. The highest BCUT2D eigenvalue weighted by Crippen LogP contribution is 2.41. The zero-order valence-corrected chi connectivity index (χ0v) is 41.4. The molecule has 394 valence electrons. The van der Waals surface area contributed by atoms with Crippen LogP contribution in [0.1, 0.15) is 23.6 Å². The van der Waals surface area contributed by atoms with Crippen molar-refractivity contribution in [3.05, 3.63) is 89.5 Å². The topological polar surface area (TPSA) is 249 Å². The maximum atomic E-state index is 11.4. The average Bonchev–Trinajstić information content (AvgIpc) is 3.36. The zero-order valence-electron chi connectivity index (χ0n) is 41.4. The lowest BCUT2D eigenvalue weighted by molar-refractivity contribution is -0.0115.